The van der Waals surface area contributed by atoms with E-state index >= 15 is 0 Å². The molecule has 0 fully saturated rings. The first-order chi connectivity index (χ1) is 9.31. The van der Waals surface area contributed by atoms with Crippen LogP contribution >= 0.6 is 11.8 Å². The van der Waals surface area contributed by atoms with Crippen molar-refractivity contribution in [2.45, 2.75) is 11.8 Å². The van der Waals surface area contributed by atoms with Gasteiger partial charge in [-0.3, -0.25) is 0 Å². The molecular formula is C14H17N3OS. The van der Waals surface area contributed by atoms with E-state index < -0.39 is 0 Å². The van der Waals surface area contributed by atoms with Gasteiger partial charge >= 0.3 is 0 Å². The molecule has 0 unspecified atom stereocenters. The fourth-order valence-electron chi connectivity index (χ4n) is 1.67. The number of thioether (sulfide) groups is 1. The highest BCUT2D eigenvalue weighted by molar-refractivity contribution is 7.99. The van der Waals surface area contributed by atoms with Crippen LogP contribution < -0.4 is 10.1 Å². The molecule has 0 atom stereocenters. The van der Waals surface area contributed by atoms with Gasteiger partial charge < -0.3 is 10.1 Å². The fourth-order valence-corrected chi connectivity index (χ4v) is 2.46. The van der Waals surface area contributed by atoms with Crippen LogP contribution in [-0.2, 0) is 0 Å². The Morgan fingerprint density at radius 3 is 2.74 bits per heavy atom. The molecule has 1 N–H and O–H groups in total. The zero-order valence-corrected chi connectivity index (χ0v) is 11.9. The van der Waals surface area contributed by atoms with Gasteiger partial charge in [0.05, 0.1) is 12.7 Å². The molecule has 0 bridgehead atoms. The summed E-state index contributed by atoms with van der Waals surface area (Å²) in [6.07, 6.45) is 1.51. The monoisotopic (exact) mass is 275 g/mol. The van der Waals surface area contributed by atoms with Crippen LogP contribution in [0, 0.1) is 6.92 Å². The lowest BCUT2D eigenvalue weighted by atomic mass is 10.3. The van der Waals surface area contributed by atoms with Crippen LogP contribution in [0.15, 0.2) is 41.6 Å². The van der Waals surface area contributed by atoms with Crippen LogP contribution in [0.1, 0.15) is 5.56 Å². The lowest BCUT2D eigenvalue weighted by Gasteiger charge is -2.10. The summed E-state index contributed by atoms with van der Waals surface area (Å²) in [5.41, 5.74) is 0.940. The van der Waals surface area contributed by atoms with Gasteiger partial charge in [0.1, 0.15) is 12.1 Å². The SMILES string of the molecule is COc1ncnc(NCCSc2ccccc2)c1C. The number of anilines is 1. The number of nitrogens with one attached hydrogen (secondary N) is 1. The maximum Gasteiger partial charge on any atom is 0.221 e. The second-order valence-electron chi connectivity index (χ2n) is 3.94. The Hall–Kier alpha value is -1.75. The Bertz CT molecular complexity index is 519. The predicted molar refractivity (Wildman–Crippen MR) is 79.0 cm³/mol. The molecule has 0 aliphatic carbocycles. The number of nitrogens with zero attached hydrogens (tertiary/aromatic N) is 2. The summed E-state index contributed by atoms with van der Waals surface area (Å²) >= 11 is 1.82. The molecule has 1 aromatic carbocycles. The summed E-state index contributed by atoms with van der Waals surface area (Å²) in [7, 11) is 1.62. The minimum absolute atomic E-state index is 0.619. The Morgan fingerprint density at radius 1 is 1.21 bits per heavy atom. The van der Waals surface area contributed by atoms with E-state index in [1.807, 2.05) is 24.8 Å². The summed E-state index contributed by atoms with van der Waals surface area (Å²) in [5.74, 6) is 2.43. The van der Waals surface area contributed by atoms with Gasteiger partial charge in [-0.05, 0) is 19.1 Å². The van der Waals surface area contributed by atoms with E-state index in [1.54, 1.807) is 7.11 Å². The third kappa shape index (κ3) is 3.86. The predicted octanol–water partition coefficient (Wildman–Crippen LogP) is 3.00. The van der Waals surface area contributed by atoms with Crippen molar-refractivity contribution < 1.29 is 4.74 Å². The molecule has 1 aromatic heterocycles. The Morgan fingerprint density at radius 2 is 2.00 bits per heavy atom. The quantitative estimate of drug-likeness (QED) is 0.648. The molecule has 0 saturated carbocycles. The molecule has 0 aliphatic rings. The summed E-state index contributed by atoms with van der Waals surface area (Å²) in [5, 5.41) is 3.31. The van der Waals surface area contributed by atoms with Crippen molar-refractivity contribution in [1.82, 2.24) is 9.97 Å². The summed E-state index contributed by atoms with van der Waals surface area (Å²) in [6, 6.07) is 10.4. The molecule has 100 valence electrons. The summed E-state index contributed by atoms with van der Waals surface area (Å²) in [4.78, 5) is 9.55. The van der Waals surface area contributed by atoms with Crippen molar-refractivity contribution >= 4 is 17.6 Å². The molecule has 0 spiro atoms. The second-order valence-corrected chi connectivity index (χ2v) is 5.11. The van der Waals surface area contributed by atoms with Crippen molar-refractivity contribution in [3.63, 3.8) is 0 Å². The zero-order chi connectivity index (χ0) is 13.5. The van der Waals surface area contributed by atoms with Crippen molar-refractivity contribution in [2.75, 3.05) is 24.7 Å². The third-order valence-corrected chi connectivity index (χ3v) is 3.65. The average Bonchev–Trinajstić information content (AvgIpc) is 2.46. The number of ether oxygens (including phenoxy) is 1. The molecule has 0 amide bonds. The van der Waals surface area contributed by atoms with Gasteiger partial charge in [-0.15, -0.1) is 11.8 Å². The minimum atomic E-state index is 0.619. The third-order valence-electron chi connectivity index (χ3n) is 2.64. The van der Waals surface area contributed by atoms with Gasteiger partial charge in [-0.1, -0.05) is 18.2 Å². The second kappa shape index (κ2) is 6.99. The fraction of sp³-hybridized carbons (Fsp3) is 0.286. The number of hydrogen-bond acceptors (Lipinski definition) is 5. The molecule has 0 radical (unpaired) electrons. The van der Waals surface area contributed by atoms with E-state index in [0.29, 0.717) is 5.88 Å². The highest BCUT2D eigenvalue weighted by Gasteiger charge is 2.06. The van der Waals surface area contributed by atoms with Crippen LogP contribution in [0.3, 0.4) is 0 Å². The largest absolute Gasteiger partial charge is 0.481 e. The number of benzene rings is 1. The van der Waals surface area contributed by atoms with E-state index in [2.05, 4.69) is 39.6 Å². The molecule has 2 aromatic rings. The normalized spacial score (nSPS) is 10.2. The molecule has 5 heteroatoms. The lowest BCUT2D eigenvalue weighted by Crippen LogP contribution is -2.08. The molecule has 19 heavy (non-hydrogen) atoms. The number of hydrogen-bond donors (Lipinski definition) is 1. The maximum atomic E-state index is 5.16. The maximum absolute atomic E-state index is 5.16. The van der Waals surface area contributed by atoms with E-state index in [4.69, 9.17) is 4.74 Å². The Labute approximate surface area is 117 Å². The molecule has 2 rings (SSSR count). The van der Waals surface area contributed by atoms with E-state index in [0.717, 1.165) is 23.7 Å². The van der Waals surface area contributed by atoms with Gasteiger partial charge in [-0.2, -0.15) is 0 Å². The van der Waals surface area contributed by atoms with E-state index in [1.165, 1.54) is 11.2 Å². The molecular weight excluding hydrogens is 258 g/mol. The summed E-state index contributed by atoms with van der Waals surface area (Å²) < 4.78 is 5.16. The Balaban J connectivity index is 1.83. The summed E-state index contributed by atoms with van der Waals surface area (Å²) in [6.45, 7) is 2.80. The first-order valence-electron chi connectivity index (χ1n) is 6.08. The van der Waals surface area contributed by atoms with Gasteiger partial charge in [0.25, 0.3) is 0 Å². The smallest absolute Gasteiger partial charge is 0.221 e. The van der Waals surface area contributed by atoms with Gasteiger partial charge in [0, 0.05) is 17.2 Å². The highest BCUT2D eigenvalue weighted by Crippen LogP contribution is 2.20. The number of methoxy groups -OCH3 is 1. The van der Waals surface area contributed by atoms with Crippen LogP contribution in [-0.4, -0.2) is 29.4 Å². The first kappa shape index (κ1) is 13.7. The van der Waals surface area contributed by atoms with Crippen LogP contribution in [0.5, 0.6) is 5.88 Å². The van der Waals surface area contributed by atoms with Gasteiger partial charge in [-0.25, -0.2) is 9.97 Å². The Kier molecular flexibility index (Phi) is 5.03. The standard InChI is InChI=1S/C14H17N3OS/c1-11-13(16-10-17-14(11)18-2)15-8-9-19-12-6-4-3-5-7-12/h3-7,10H,8-9H2,1-2H3,(H,15,16,17). The first-order valence-corrected chi connectivity index (χ1v) is 7.07. The van der Waals surface area contributed by atoms with Crippen LogP contribution in [0.4, 0.5) is 5.82 Å². The average molecular weight is 275 g/mol. The van der Waals surface area contributed by atoms with E-state index in [-0.39, 0.29) is 0 Å². The van der Waals surface area contributed by atoms with Crippen LogP contribution in [0.25, 0.3) is 0 Å². The topological polar surface area (TPSA) is 47.0 Å². The van der Waals surface area contributed by atoms with Crippen LogP contribution in [0.2, 0.25) is 0 Å². The van der Waals surface area contributed by atoms with Gasteiger partial charge in [0.2, 0.25) is 5.88 Å². The van der Waals surface area contributed by atoms with Crippen molar-refractivity contribution in [2.24, 2.45) is 0 Å². The lowest BCUT2D eigenvalue weighted by molar-refractivity contribution is 0.393. The van der Waals surface area contributed by atoms with Gasteiger partial charge in [0.15, 0.2) is 0 Å². The zero-order valence-electron chi connectivity index (χ0n) is 11.1. The number of rotatable bonds is 6. The van der Waals surface area contributed by atoms with Crippen molar-refractivity contribution in [1.29, 1.82) is 0 Å². The molecule has 0 saturated heterocycles. The molecule has 4 nitrogen and oxygen atoms in total. The number of aromatic nitrogens is 2. The molecule has 0 aliphatic heterocycles. The van der Waals surface area contributed by atoms with Crippen molar-refractivity contribution in [3.05, 3.63) is 42.2 Å². The van der Waals surface area contributed by atoms with Crippen molar-refractivity contribution in [3.8, 4) is 5.88 Å². The van der Waals surface area contributed by atoms with E-state index in [9.17, 15) is 0 Å². The molecule has 1 heterocycles. The highest BCUT2D eigenvalue weighted by atomic mass is 32.2. The minimum Gasteiger partial charge on any atom is -0.481 e.